The van der Waals surface area contributed by atoms with Gasteiger partial charge in [0, 0.05) is 17.1 Å². The van der Waals surface area contributed by atoms with Crippen LogP contribution in [0, 0.1) is 5.92 Å². The van der Waals surface area contributed by atoms with Gasteiger partial charge >= 0.3 is 6.18 Å². The minimum absolute atomic E-state index is 0.112. The molecule has 4 nitrogen and oxygen atoms in total. The van der Waals surface area contributed by atoms with Crippen LogP contribution in [-0.4, -0.2) is 24.7 Å². The quantitative estimate of drug-likeness (QED) is 0.874. The molecule has 0 aliphatic rings. The number of rotatable bonds is 5. The van der Waals surface area contributed by atoms with E-state index in [-0.39, 0.29) is 16.5 Å². The van der Waals surface area contributed by atoms with Crippen LogP contribution in [0.4, 0.5) is 18.9 Å². The van der Waals surface area contributed by atoms with Crippen LogP contribution in [-0.2, 0) is 4.79 Å². The summed E-state index contributed by atoms with van der Waals surface area (Å²) >= 11 is 5.72. The van der Waals surface area contributed by atoms with Crippen LogP contribution in [0.25, 0.3) is 0 Å². The first kappa shape index (κ1) is 17.6. The third-order valence-electron chi connectivity index (χ3n) is 2.80. The molecule has 118 valence electrons. The van der Waals surface area contributed by atoms with E-state index in [0.29, 0.717) is 0 Å². The van der Waals surface area contributed by atoms with Gasteiger partial charge in [0.05, 0.1) is 11.6 Å². The van der Waals surface area contributed by atoms with E-state index in [0.717, 1.165) is 0 Å². The maximum atomic E-state index is 12.2. The number of anilines is 1. The molecule has 0 aliphatic heterocycles. The van der Waals surface area contributed by atoms with Gasteiger partial charge in [-0.1, -0.05) is 18.5 Å². The molecule has 0 aliphatic carbocycles. The molecule has 3 N–H and O–H groups in total. The van der Waals surface area contributed by atoms with Gasteiger partial charge in [-0.05, 0) is 19.1 Å². The molecule has 1 rings (SSSR count). The lowest BCUT2D eigenvalue weighted by molar-refractivity contribution is -0.153. The Bertz CT molecular complexity index is 507. The normalized spacial score (nSPS) is 14.4. The highest BCUT2D eigenvalue weighted by Crippen LogP contribution is 2.30. The van der Waals surface area contributed by atoms with Gasteiger partial charge < -0.3 is 15.8 Å². The molecule has 2 atom stereocenters. The Morgan fingerprint density at radius 2 is 2.05 bits per heavy atom. The number of carbonyl (C=O) groups excluding carboxylic acids is 1. The van der Waals surface area contributed by atoms with Crippen LogP contribution in [0.15, 0.2) is 18.2 Å². The van der Waals surface area contributed by atoms with Crippen molar-refractivity contribution in [3.8, 4) is 5.75 Å². The lowest BCUT2D eigenvalue weighted by atomic mass is 10.0. The van der Waals surface area contributed by atoms with E-state index in [2.05, 4.69) is 10.1 Å². The van der Waals surface area contributed by atoms with Gasteiger partial charge in [-0.3, -0.25) is 4.79 Å². The molecular weight excluding hydrogens is 309 g/mol. The zero-order chi connectivity index (χ0) is 16.2. The van der Waals surface area contributed by atoms with Crippen molar-refractivity contribution in [1.82, 2.24) is 0 Å². The number of amides is 1. The van der Waals surface area contributed by atoms with Crippen molar-refractivity contribution >= 4 is 23.2 Å². The molecule has 2 unspecified atom stereocenters. The molecule has 0 aromatic heterocycles. The van der Waals surface area contributed by atoms with E-state index in [1.54, 1.807) is 13.8 Å². The van der Waals surface area contributed by atoms with Crippen LogP contribution in [0.1, 0.15) is 13.8 Å². The number of nitrogens with two attached hydrogens (primary N) is 1. The van der Waals surface area contributed by atoms with Crippen molar-refractivity contribution in [1.29, 1.82) is 0 Å². The second-order valence-electron chi connectivity index (χ2n) is 4.68. The number of hydrogen-bond donors (Lipinski definition) is 2. The van der Waals surface area contributed by atoms with Gasteiger partial charge in [-0.2, -0.15) is 13.2 Å². The van der Waals surface area contributed by atoms with Crippen LogP contribution < -0.4 is 15.8 Å². The Morgan fingerprint density at radius 3 is 2.57 bits per heavy atom. The Hall–Kier alpha value is -1.47. The average molecular weight is 325 g/mol. The second kappa shape index (κ2) is 7.00. The summed E-state index contributed by atoms with van der Waals surface area (Å²) in [6, 6.07) is 3.63. The zero-order valence-electron chi connectivity index (χ0n) is 11.5. The number of alkyl halides is 3. The fourth-order valence-corrected chi connectivity index (χ4v) is 1.53. The molecule has 0 heterocycles. The molecule has 0 radical (unpaired) electrons. The first-order valence-electron chi connectivity index (χ1n) is 6.15. The summed E-state index contributed by atoms with van der Waals surface area (Å²) in [6.07, 6.45) is -4.48. The molecule has 1 amide bonds. The summed E-state index contributed by atoms with van der Waals surface area (Å²) in [5.41, 5.74) is 5.72. The molecular formula is C13H16ClF3N2O2. The van der Waals surface area contributed by atoms with Gasteiger partial charge in [-0.15, -0.1) is 0 Å². The van der Waals surface area contributed by atoms with Crippen molar-refractivity contribution in [2.45, 2.75) is 26.1 Å². The lowest BCUT2D eigenvalue weighted by Crippen LogP contribution is -2.34. The Labute approximate surface area is 125 Å². The minimum Gasteiger partial charge on any atom is -0.482 e. The predicted molar refractivity (Wildman–Crippen MR) is 74.4 cm³/mol. The largest absolute Gasteiger partial charge is 0.482 e. The monoisotopic (exact) mass is 324 g/mol. The highest BCUT2D eigenvalue weighted by Gasteiger charge is 2.29. The van der Waals surface area contributed by atoms with E-state index in [9.17, 15) is 18.0 Å². The van der Waals surface area contributed by atoms with Crippen molar-refractivity contribution < 1.29 is 22.7 Å². The third kappa shape index (κ3) is 5.81. The predicted octanol–water partition coefficient (Wildman–Crippen LogP) is 3.20. The number of nitrogens with one attached hydrogen (secondary N) is 1. The van der Waals surface area contributed by atoms with Gasteiger partial charge in [0.15, 0.2) is 6.61 Å². The highest BCUT2D eigenvalue weighted by molar-refractivity contribution is 6.30. The first-order chi connectivity index (χ1) is 9.60. The molecule has 1 aromatic carbocycles. The number of benzene rings is 1. The Balaban J connectivity index is 2.89. The molecule has 21 heavy (non-hydrogen) atoms. The maximum Gasteiger partial charge on any atom is 0.422 e. The molecule has 0 saturated heterocycles. The zero-order valence-corrected chi connectivity index (χ0v) is 12.3. The molecule has 8 heteroatoms. The highest BCUT2D eigenvalue weighted by atomic mass is 35.5. The van der Waals surface area contributed by atoms with Crippen molar-refractivity contribution in [3.63, 3.8) is 0 Å². The van der Waals surface area contributed by atoms with E-state index in [1.807, 2.05) is 0 Å². The Morgan fingerprint density at radius 1 is 1.43 bits per heavy atom. The number of ether oxygens (including phenoxy) is 1. The number of halogens is 4. The maximum absolute atomic E-state index is 12.2. The van der Waals surface area contributed by atoms with Gasteiger partial charge in [0.25, 0.3) is 0 Å². The van der Waals surface area contributed by atoms with E-state index >= 15 is 0 Å². The first-order valence-corrected chi connectivity index (χ1v) is 6.53. The van der Waals surface area contributed by atoms with Gasteiger partial charge in [-0.25, -0.2) is 0 Å². The molecule has 1 aromatic rings. The van der Waals surface area contributed by atoms with E-state index in [1.165, 1.54) is 18.2 Å². The third-order valence-corrected chi connectivity index (χ3v) is 3.03. The number of hydrogen-bond acceptors (Lipinski definition) is 3. The summed E-state index contributed by atoms with van der Waals surface area (Å²) in [5.74, 6) is -1.06. The summed E-state index contributed by atoms with van der Waals surface area (Å²) in [6.45, 7) is 1.80. The summed E-state index contributed by atoms with van der Waals surface area (Å²) in [5, 5.41) is 2.68. The summed E-state index contributed by atoms with van der Waals surface area (Å²) in [7, 11) is 0. The SMILES string of the molecule is CC(N)C(C)C(=O)Nc1ccc(Cl)cc1OCC(F)(F)F. The van der Waals surface area contributed by atoms with Crippen LogP contribution in [0.3, 0.4) is 0 Å². The summed E-state index contributed by atoms with van der Waals surface area (Å²) < 4.78 is 41.3. The Kier molecular flexibility index (Phi) is 5.86. The van der Waals surface area contributed by atoms with E-state index in [4.69, 9.17) is 17.3 Å². The van der Waals surface area contributed by atoms with Crippen LogP contribution >= 0.6 is 11.6 Å². The van der Waals surface area contributed by atoms with Crippen molar-refractivity contribution in [2.75, 3.05) is 11.9 Å². The van der Waals surface area contributed by atoms with Crippen LogP contribution in [0.5, 0.6) is 5.75 Å². The molecule has 0 saturated carbocycles. The second-order valence-corrected chi connectivity index (χ2v) is 5.12. The van der Waals surface area contributed by atoms with Gasteiger partial charge in [0.2, 0.25) is 5.91 Å². The summed E-state index contributed by atoms with van der Waals surface area (Å²) in [4.78, 5) is 11.9. The van der Waals surface area contributed by atoms with E-state index < -0.39 is 30.7 Å². The van der Waals surface area contributed by atoms with Crippen molar-refractivity contribution in [3.05, 3.63) is 23.2 Å². The minimum atomic E-state index is -4.48. The fraction of sp³-hybridized carbons (Fsp3) is 0.462. The number of carbonyl (C=O) groups is 1. The molecule has 0 spiro atoms. The topological polar surface area (TPSA) is 64.4 Å². The molecule has 0 fully saturated rings. The molecule has 0 bridgehead atoms. The fourth-order valence-electron chi connectivity index (χ4n) is 1.36. The smallest absolute Gasteiger partial charge is 0.422 e. The lowest BCUT2D eigenvalue weighted by Gasteiger charge is -2.18. The van der Waals surface area contributed by atoms with Crippen LogP contribution in [0.2, 0.25) is 5.02 Å². The van der Waals surface area contributed by atoms with Gasteiger partial charge in [0.1, 0.15) is 5.75 Å². The van der Waals surface area contributed by atoms with Crippen molar-refractivity contribution in [2.24, 2.45) is 11.7 Å². The average Bonchev–Trinajstić information content (AvgIpc) is 2.36. The standard InChI is InChI=1S/C13H16ClF3N2O2/c1-7(8(2)18)12(20)19-10-4-3-9(14)5-11(10)21-6-13(15,16)17/h3-5,7-8H,6,18H2,1-2H3,(H,19,20).